The average Bonchev–Trinajstić information content (AvgIpc) is 2.38. The van der Waals surface area contributed by atoms with Crippen molar-refractivity contribution in [1.29, 1.82) is 0 Å². The molecular weight excluding hydrogens is 400 g/mol. The van der Waals surface area contributed by atoms with E-state index in [2.05, 4.69) is 44.1 Å². The van der Waals surface area contributed by atoms with Crippen LogP contribution in [0.4, 0.5) is 0 Å². The lowest BCUT2D eigenvalue weighted by molar-refractivity contribution is -0.123. The molecule has 0 fully saturated rings. The van der Waals surface area contributed by atoms with Crippen LogP contribution in [-0.4, -0.2) is 25.1 Å². The highest BCUT2D eigenvalue weighted by molar-refractivity contribution is 9.11. The lowest BCUT2D eigenvalue weighted by atomic mass is 10.1. The number of carbonyl (C=O) groups excluding carboxylic acids is 1. The van der Waals surface area contributed by atoms with Crippen LogP contribution in [0.3, 0.4) is 0 Å². The third kappa shape index (κ3) is 6.36. The van der Waals surface area contributed by atoms with Crippen molar-refractivity contribution in [3.63, 3.8) is 0 Å². The molecule has 6 heteroatoms. The zero-order valence-electron chi connectivity index (χ0n) is 12.4. The van der Waals surface area contributed by atoms with Gasteiger partial charge in [-0.3, -0.25) is 4.79 Å². The van der Waals surface area contributed by atoms with Gasteiger partial charge in [0.15, 0.2) is 6.61 Å². The molecule has 1 rings (SSSR count). The minimum Gasteiger partial charge on any atom is -0.481 e. The summed E-state index contributed by atoms with van der Waals surface area (Å²) in [6.45, 7) is 4.68. The molecule has 118 valence electrons. The van der Waals surface area contributed by atoms with E-state index in [4.69, 9.17) is 10.5 Å². The number of hydrogen-bond acceptors (Lipinski definition) is 3. The zero-order chi connectivity index (χ0) is 15.8. The Morgan fingerprint density at radius 3 is 2.52 bits per heavy atom. The highest BCUT2D eigenvalue weighted by Gasteiger charge is 2.12. The van der Waals surface area contributed by atoms with Gasteiger partial charge in [0.05, 0.1) is 8.95 Å². The number of carbonyl (C=O) groups is 1. The third-order valence-electron chi connectivity index (χ3n) is 2.97. The Bertz CT molecular complexity index is 458. The van der Waals surface area contributed by atoms with Gasteiger partial charge in [-0.15, -0.1) is 0 Å². The van der Waals surface area contributed by atoms with Crippen molar-refractivity contribution in [3.8, 4) is 5.75 Å². The predicted octanol–water partition coefficient (Wildman–Crippen LogP) is 3.40. The fraction of sp³-hybridized carbons (Fsp3) is 0.533. The van der Waals surface area contributed by atoms with Gasteiger partial charge in [-0.05, 0) is 75.9 Å². The Morgan fingerprint density at radius 1 is 1.38 bits per heavy atom. The molecule has 0 heterocycles. The second-order valence-electron chi connectivity index (χ2n) is 4.97. The lowest BCUT2D eigenvalue weighted by Gasteiger charge is -2.15. The summed E-state index contributed by atoms with van der Waals surface area (Å²) in [5.74, 6) is 0.523. The SMILES string of the molecule is CCCC(C)NC(=O)COc1c(Br)cc(CCN)cc1Br. The standard InChI is InChI=1S/C15H22Br2N2O2/c1-3-4-10(2)19-14(20)9-21-15-12(16)7-11(5-6-18)8-13(15)17/h7-8,10H,3-6,9,18H2,1-2H3,(H,19,20). The molecule has 1 unspecified atom stereocenters. The van der Waals surface area contributed by atoms with Gasteiger partial charge in [0, 0.05) is 6.04 Å². The van der Waals surface area contributed by atoms with Gasteiger partial charge < -0.3 is 15.8 Å². The maximum absolute atomic E-state index is 11.8. The molecule has 0 spiro atoms. The molecule has 0 aromatic heterocycles. The molecule has 1 amide bonds. The van der Waals surface area contributed by atoms with E-state index in [0.29, 0.717) is 12.3 Å². The topological polar surface area (TPSA) is 64.3 Å². The summed E-state index contributed by atoms with van der Waals surface area (Å²) < 4.78 is 7.23. The Morgan fingerprint density at radius 2 is 2.00 bits per heavy atom. The maximum Gasteiger partial charge on any atom is 0.258 e. The van der Waals surface area contributed by atoms with Crippen LogP contribution in [0, 0.1) is 0 Å². The van der Waals surface area contributed by atoms with Crippen LogP contribution in [0.25, 0.3) is 0 Å². The van der Waals surface area contributed by atoms with Gasteiger partial charge in [-0.1, -0.05) is 13.3 Å². The molecule has 0 aliphatic rings. The molecule has 0 saturated heterocycles. The monoisotopic (exact) mass is 420 g/mol. The van der Waals surface area contributed by atoms with Gasteiger partial charge in [-0.2, -0.15) is 0 Å². The summed E-state index contributed by atoms with van der Waals surface area (Å²) in [5, 5.41) is 2.91. The molecule has 0 radical (unpaired) electrons. The number of nitrogens with one attached hydrogen (secondary N) is 1. The first-order valence-electron chi connectivity index (χ1n) is 7.08. The highest BCUT2D eigenvalue weighted by atomic mass is 79.9. The zero-order valence-corrected chi connectivity index (χ0v) is 15.6. The van der Waals surface area contributed by atoms with E-state index in [1.54, 1.807) is 0 Å². The van der Waals surface area contributed by atoms with Gasteiger partial charge in [0.2, 0.25) is 0 Å². The highest BCUT2D eigenvalue weighted by Crippen LogP contribution is 2.34. The van der Waals surface area contributed by atoms with E-state index in [1.807, 2.05) is 19.1 Å². The summed E-state index contributed by atoms with van der Waals surface area (Å²) in [4.78, 5) is 11.8. The molecular formula is C15H22Br2N2O2. The van der Waals surface area contributed by atoms with E-state index in [0.717, 1.165) is 33.8 Å². The summed E-state index contributed by atoms with van der Waals surface area (Å²) in [6, 6.07) is 4.10. The average molecular weight is 422 g/mol. The Kier molecular flexibility index (Phi) is 8.29. The predicted molar refractivity (Wildman–Crippen MR) is 92.6 cm³/mol. The summed E-state index contributed by atoms with van der Waals surface area (Å²) in [6.07, 6.45) is 2.81. The molecule has 4 nitrogen and oxygen atoms in total. The minimum absolute atomic E-state index is 0.00148. The van der Waals surface area contributed by atoms with Crippen molar-refractivity contribution in [2.75, 3.05) is 13.2 Å². The molecule has 1 aromatic carbocycles. The van der Waals surface area contributed by atoms with Crippen molar-refractivity contribution < 1.29 is 9.53 Å². The van der Waals surface area contributed by atoms with Gasteiger partial charge in [0.1, 0.15) is 5.75 Å². The van der Waals surface area contributed by atoms with Crippen LogP contribution < -0.4 is 15.8 Å². The molecule has 1 aromatic rings. The van der Waals surface area contributed by atoms with Crippen LogP contribution in [0.5, 0.6) is 5.75 Å². The summed E-state index contributed by atoms with van der Waals surface area (Å²) in [7, 11) is 0. The van der Waals surface area contributed by atoms with E-state index in [1.165, 1.54) is 0 Å². The summed E-state index contributed by atoms with van der Waals surface area (Å²) >= 11 is 6.93. The second-order valence-corrected chi connectivity index (χ2v) is 6.68. The molecule has 0 aliphatic heterocycles. The van der Waals surface area contributed by atoms with Gasteiger partial charge >= 0.3 is 0 Å². The minimum atomic E-state index is -0.110. The van der Waals surface area contributed by atoms with Crippen LogP contribution in [-0.2, 0) is 11.2 Å². The number of rotatable bonds is 8. The summed E-state index contributed by atoms with van der Waals surface area (Å²) in [5.41, 5.74) is 6.67. The third-order valence-corrected chi connectivity index (χ3v) is 4.15. The number of hydrogen-bond donors (Lipinski definition) is 2. The van der Waals surface area contributed by atoms with Crippen molar-refractivity contribution in [2.45, 2.75) is 39.2 Å². The van der Waals surface area contributed by atoms with Crippen LogP contribution in [0.2, 0.25) is 0 Å². The first kappa shape index (κ1) is 18.5. The first-order valence-corrected chi connectivity index (χ1v) is 8.66. The van der Waals surface area contributed by atoms with Crippen LogP contribution in [0.1, 0.15) is 32.3 Å². The molecule has 3 N–H and O–H groups in total. The Hall–Kier alpha value is -0.590. The van der Waals surface area contributed by atoms with Crippen molar-refractivity contribution >= 4 is 37.8 Å². The second kappa shape index (κ2) is 9.43. The molecule has 1 atom stereocenters. The van der Waals surface area contributed by atoms with E-state index in [9.17, 15) is 4.79 Å². The van der Waals surface area contributed by atoms with Crippen molar-refractivity contribution in [1.82, 2.24) is 5.32 Å². The number of halogens is 2. The van der Waals surface area contributed by atoms with Gasteiger partial charge in [-0.25, -0.2) is 0 Å². The Balaban J connectivity index is 2.61. The molecule has 21 heavy (non-hydrogen) atoms. The molecule has 0 aliphatic carbocycles. The normalized spacial score (nSPS) is 12.0. The fourth-order valence-corrected chi connectivity index (χ4v) is 3.53. The quantitative estimate of drug-likeness (QED) is 0.675. The smallest absolute Gasteiger partial charge is 0.258 e. The van der Waals surface area contributed by atoms with E-state index >= 15 is 0 Å². The Labute approximate surface area is 143 Å². The first-order chi connectivity index (χ1) is 9.97. The molecule has 0 saturated carbocycles. The number of benzene rings is 1. The number of amides is 1. The molecule has 0 bridgehead atoms. The van der Waals surface area contributed by atoms with E-state index < -0.39 is 0 Å². The van der Waals surface area contributed by atoms with E-state index in [-0.39, 0.29) is 18.6 Å². The maximum atomic E-state index is 11.8. The van der Waals surface area contributed by atoms with Crippen molar-refractivity contribution in [2.24, 2.45) is 5.73 Å². The van der Waals surface area contributed by atoms with Crippen LogP contribution in [0.15, 0.2) is 21.1 Å². The number of ether oxygens (including phenoxy) is 1. The fourth-order valence-electron chi connectivity index (χ4n) is 2.02. The van der Waals surface area contributed by atoms with Crippen LogP contribution >= 0.6 is 31.9 Å². The lowest BCUT2D eigenvalue weighted by Crippen LogP contribution is -2.36. The van der Waals surface area contributed by atoms with Crippen molar-refractivity contribution in [3.05, 3.63) is 26.6 Å². The number of nitrogens with two attached hydrogens (primary N) is 1. The largest absolute Gasteiger partial charge is 0.481 e. The van der Waals surface area contributed by atoms with Gasteiger partial charge in [0.25, 0.3) is 5.91 Å².